The van der Waals surface area contributed by atoms with Crippen molar-refractivity contribution in [3.63, 3.8) is 0 Å². The lowest BCUT2D eigenvalue weighted by atomic mass is 10.1. The number of para-hydroxylation sites is 1. The first-order chi connectivity index (χ1) is 7.90. The topological polar surface area (TPSA) is 22.1 Å². The Balaban J connectivity index is 2.24. The van der Waals surface area contributed by atoms with E-state index in [0.717, 1.165) is 16.9 Å². The predicted octanol–water partition coefficient (Wildman–Crippen LogP) is 3.26. The molecule has 0 amide bonds. The highest BCUT2D eigenvalue weighted by Crippen LogP contribution is 2.19. The summed E-state index contributed by atoms with van der Waals surface area (Å²) in [6.45, 7) is 0. The molecule has 1 aromatic carbocycles. The second kappa shape index (κ2) is 5.12. The second-order valence-electron chi connectivity index (χ2n) is 3.36. The SMILES string of the molecule is COc1ccccc1/C=C\c1cccnc1. The summed E-state index contributed by atoms with van der Waals surface area (Å²) >= 11 is 0. The molecule has 2 aromatic rings. The minimum absolute atomic E-state index is 0.877. The van der Waals surface area contributed by atoms with Crippen LogP contribution in [0.2, 0.25) is 0 Å². The van der Waals surface area contributed by atoms with Crippen molar-refractivity contribution in [3.05, 3.63) is 59.9 Å². The Morgan fingerprint density at radius 3 is 2.69 bits per heavy atom. The van der Waals surface area contributed by atoms with Crippen molar-refractivity contribution in [3.8, 4) is 5.75 Å². The molecule has 0 aliphatic carbocycles. The molecule has 0 saturated heterocycles. The lowest BCUT2D eigenvalue weighted by molar-refractivity contribution is 0.414. The maximum Gasteiger partial charge on any atom is 0.126 e. The molecule has 0 atom stereocenters. The van der Waals surface area contributed by atoms with Crippen LogP contribution in [0.15, 0.2) is 48.8 Å². The summed E-state index contributed by atoms with van der Waals surface area (Å²) < 4.78 is 5.27. The molecule has 80 valence electrons. The van der Waals surface area contributed by atoms with Crippen LogP contribution < -0.4 is 4.74 Å². The lowest BCUT2D eigenvalue weighted by Gasteiger charge is -2.03. The second-order valence-corrected chi connectivity index (χ2v) is 3.36. The maximum atomic E-state index is 5.27. The van der Waals surface area contributed by atoms with Crippen LogP contribution in [0.25, 0.3) is 12.2 Å². The Morgan fingerprint density at radius 1 is 1.06 bits per heavy atom. The van der Waals surface area contributed by atoms with Gasteiger partial charge in [-0.25, -0.2) is 0 Å². The first kappa shape index (κ1) is 10.4. The zero-order valence-electron chi connectivity index (χ0n) is 9.13. The molecule has 0 unspecified atom stereocenters. The summed E-state index contributed by atoms with van der Waals surface area (Å²) in [6.07, 6.45) is 7.63. The fourth-order valence-corrected chi connectivity index (χ4v) is 1.46. The number of benzene rings is 1. The van der Waals surface area contributed by atoms with Gasteiger partial charge in [-0.2, -0.15) is 0 Å². The maximum absolute atomic E-state index is 5.27. The van der Waals surface area contributed by atoms with E-state index in [0.29, 0.717) is 0 Å². The predicted molar refractivity (Wildman–Crippen MR) is 66.2 cm³/mol. The van der Waals surface area contributed by atoms with Crippen molar-refractivity contribution >= 4 is 12.2 Å². The molecule has 0 bridgehead atoms. The van der Waals surface area contributed by atoms with Crippen LogP contribution >= 0.6 is 0 Å². The van der Waals surface area contributed by atoms with Gasteiger partial charge in [0.25, 0.3) is 0 Å². The first-order valence-electron chi connectivity index (χ1n) is 5.11. The average Bonchev–Trinajstić information content (AvgIpc) is 2.38. The Hall–Kier alpha value is -2.09. The highest BCUT2D eigenvalue weighted by Gasteiger charge is 1.96. The number of nitrogens with zero attached hydrogens (tertiary/aromatic N) is 1. The summed E-state index contributed by atoms with van der Waals surface area (Å²) in [5, 5.41) is 0. The van der Waals surface area contributed by atoms with Crippen LogP contribution in [-0.2, 0) is 0 Å². The first-order valence-corrected chi connectivity index (χ1v) is 5.11. The molecule has 0 spiro atoms. The molecule has 1 aromatic heterocycles. The van der Waals surface area contributed by atoms with E-state index in [9.17, 15) is 0 Å². The number of hydrogen-bond acceptors (Lipinski definition) is 2. The molecule has 0 fully saturated rings. The van der Waals surface area contributed by atoms with E-state index in [1.165, 1.54) is 0 Å². The monoisotopic (exact) mass is 211 g/mol. The van der Waals surface area contributed by atoms with Crippen LogP contribution in [0.3, 0.4) is 0 Å². The molecule has 0 aliphatic rings. The smallest absolute Gasteiger partial charge is 0.126 e. The Morgan fingerprint density at radius 2 is 1.94 bits per heavy atom. The minimum atomic E-state index is 0.877. The van der Waals surface area contributed by atoms with E-state index in [4.69, 9.17) is 4.74 Å². The summed E-state index contributed by atoms with van der Waals surface area (Å²) in [6, 6.07) is 11.8. The van der Waals surface area contributed by atoms with Gasteiger partial charge in [0, 0.05) is 18.0 Å². The number of pyridine rings is 1. The van der Waals surface area contributed by atoms with Gasteiger partial charge < -0.3 is 4.74 Å². The van der Waals surface area contributed by atoms with E-state index in [2.05, 4.69) is 4.98 Å². The van der Waals surface area contributed by atoms with Gasteiger partial charge in [0.2, 0.25) is 0 Å². The van der Waals surface area contributed by atoms with Gasteiger partial charge in [-0.05, 0) is 17.7 Å². The van der Waals surface area contributed by atoms with E-state index in [1.54, 1.807) is 13.3 Å². The molecule has 2 heteroatoms. The zero-order chi connectivity index (χ0) is 11.2. The number of ether oxygens (including phenoxy) is 1. The van der Waals surface area contributed by atoms with Crippen molar-refractivity contribution in [1.29, 1.82) is 0 Å². The number of rotatable bonds is 3. The zero-order valence-corrected chi connectivity index (χ0v) is 9.13. The number of aromatic nitrogens is 1. The van der Waals surface area contributed by atoms with Crippen molar-refractivity contribution in [2.45, 2.75) is 0 Å². The molecule has 1 heterocycles. The fraction of sp³-hybridized carbons (Fsp3) is 0.0714. The Bertz CT molecular complexity index is 477. The quantitative estimate of drug-likeness (QED) is 0.777. The van der Waals surface area contributed by atoms with Crippen LogP contribution in [-0.4, -0.2) is 12.1 Å². The van der Waals surface area contributed by atoms with E-state index >= 15 is 0 Å². The average molecular weight is 211 g/mol. The van der Waals surface area contributed by atoms with Crippen molar-refractivity contribution in [2.24, 2.45) is 0 Å². The van der Waals surface area contributed by atoms with Crippen LogP contribution in [0.5, 0.6) is 5.75 Å². The Labute approximate surface area is 95.2 Å². The summed E-state index contributed by atoms with van der Waals surface area (Å²) in [7, 11) is 1.68. The van der Waals surface area contributed by atoms with Gasteiger partial charge in [-0.3, -0.25) is 4.98 Å². The highest BCUT2D eigenvalue weighted by molar-refractivity contribution is 5.72. The third kappa shape index (κ3) is 2.48. The molecule has 0 N–H and O–H groups in total. The molecular formula is C14H13NO. The number of methoxy groups -OCH3 is 1. The normalized spacial score (nSPS) is 10.6. The van der Waals surface area contributed by atoms with Crippen LogP contribution in [0.4, 0.5) is 0 Å². The third-order valence-corrected chi connectivity index (χ3v) is 2.28. The van der Waals surface area contributed by atoms with Gasteiger partial charge in [0.1, 0.15) is 5.75 Å². The third-order valence-electron chi connectivity index (χ3n) is 2.28. The van der Waals surface area contributed by atoms with Gasteiger partial charge >= 0.3 is 0 Å². The molecular weight excluding hydrogens is 198 g/mol. The Kier molecular flexibility index (Phi) is 3.34. The largest absolute Gasteiger partial charge is 0.496 e. The molecule has 2 nitrogen and oxygen atoms in total. The summed E-state index contributed by atoms with van der Waals surface area (Å²) in [5.74, 6) is 0.877. The van der Waals surface area contributed by atoms with Crippen molar-refractivity contribution < 1.29 is 4.74 Å². The minimum Gasteiger partial charge on any atom is -0.496 e. The van der Waals surface area contributed by atoms with Crippen molar-refractivity contribution in [1.82, 2.24) is 4.98 Å². The van der Waals surface area contributed by atoms with Gasteiger partial charge in [-0.1, -0.05) is 36.4 Å². The van der Waals surface area contributed by atoms with E-state index in [-0.39, 0.29) is 0 Å². The van der Waals surface area contributed by atoms with E-state index < -0.39 is 0 Å². The van der Waals surface area contributed by atoms with Crippen molar-refractivity contribution in [2.75, 3.05) is 7.11 Å². The molecule has 0 aliphatic heterocycles. The fourth-order valence-electron chi connectivity index (χ4n) is 1.46. The van der Waals surface area contributed by atoms with Gasteiger partial charge in [0.15, 0.2) is 0 Å². The van der Waals surface area contributed by atoms with Gasteiger partial charge in [-0.15, -0.1) is 0 Å². The van der Waals surface area contributed by atoms with Crippen LogP contribution in [0.1, 0.15) is 11.1 Å². The molecule has 16 heavy (non-hydrogen) atoms. The molecule has 0 saturated carbocycles. The summed E-state index contributed by atoms with van der Waals surface area (Å²) in [4.78, 5) is 4.06. The molecule has 0 radical (unpaired) electrons. The molecule has 2 rings (SSSR count). The van der Waals surface area contributed by atoms with Gasteiger partial charge in [0.05, 0.1) is 7.11 Å². The van der Waals surface area contributed by atoms with E-state index in [1.807, 2.05) is 54.7 Å². The highest BCUT2D eigenvalue weighted by atomic mass is 16.5. The number of hydrogen-bond donors (Lipinski definition) is 0. The summed E-state index contributed by atoms with van der Waals surface area (Å²) in [5.41, 5.74) is 2.14. The standard InChI is InChI=1S/C14H13NO/c1-16-14-7-3-2-6-13(14)9-8-12-5-4-10-15-11-12/h2-11H,1H3/b9-8-. The lowest BCUT2D eigenvalue weighted by Crippen LogP contribution is -1.85. The van der Waals surface area contributed by atoms with Crippen LogP contribution in [0, 0.1) is 0 Å².